The van der Waals surface area contributed by atoms with Gasteiger partial charge >= 0.3 is 59.1 Å². The zero-order chi connectivity index (χ0) is 18.6. The van der Waals surface area contributed by atoms with Crippen LogP contribution in [-0.4, -0.2) is 68.9 Å². The summed E-state index contributed by atoms with van der Waals surface area (Å²) in [7, 11) is -5.40. The first-order chi connectivity index (χ1) is 11.0. The standard InChI is InChI=1S/C10H22O8S6.2Na/c11-21(12)7-1-3-9-23(15,16)19-5-6-20-24(17,18)10-4-2-8-22(13)14;;/h1-10H2,(H,11,12)(H,13,14);;/q;2*+1/p-1. The average molecular weight is 508 g/mol. The molecule has 0 aliphatic heterocycles. The zero-order valence-electron chi connectivity index (χ0n) is 14.8. The summed E-state index contributed by atoms with van der Waals surface area (Å²) in [5.74, 6) is -0.0291. The number of hydrogen-bond acceptors (Lipinski definition) is 9. The quantitative estimate of drug-likeness (QED) is 0.0987. The van der Waals surface area contributed by atoms with Crippen molar-refractivity contribution in [1.82, 2.24) is 0 Å². The summed E-state index contributed by atoms with van der Waals surface area (Å²) in [6.45, 7) is 0. The van der Waals surface area contributed by atoms with Gasteiger partial charge in [0.25, 0.3) is 0 Å². The largest absolute Gasteiger partial charge is 1.00 e. The molecule has 0 heterocycles. The molecule has 0 rings (SSSR count). The van der Waals surface area contributed by atoms with Crippen molar-refractivity contribution >= 4 is 61.5 Å². The third kappa shape index (κ3) is 23.1. The van der Waals surface area contributed by atoms with Crippen molar-refractivity contribution in [3.8, 4) is 0 Å². The van der Waals surface area contributed by atoms with E-state index in [0.29, 0.717) is 28.0 Å². The molecule has 0 aromatic carbocycles. The van der Waals surface area contributed by atoms with Crippen LogP contribution in [0.1, 0.15) is 25.7 Å². The smallest absolute Gasteiger partial charge is 0.772 e. The van der Waals surface area contributed by atoms with Crippen LogP contribution in [0.2, 0.25) is 0 Å². The minimum Gasteiger partial charge on any atom is -0.772 e. The molecule has 2 unspecified atom stereocenters. The van der Waals surface area contributed by atoms with E-state index < -0.39 is 39.9 Å². The van der Waals surface area contributed by atoms with Crippen LogP contribution in [0.4, 0.5) is 0 Å². The van der Waals surface area contributed by atoms with Crippen LogP contribution in [-0.2, 0) is 39.9 Å². The van der Waals surface area contributed by atoms with E-state index in [4.69, 9.17) is 4.55 Å². The van der Waals surface area contributed by atoms with Crippen LogP contribution in [0.3, 0.4) is 0 Å². The summed E-state index contributed by atoms with van der Waals surface area (Å²) in [6.07, 6.45) is 1.15. The molecular formula is C10H21Na2O8S6+. The van der Waals surface area contributed by atoms with Crippen LogP contribution in [0.25, 0.3) is 0 Å². The fourth-order valence-corrected chi connectivity index (χ4v) is 8.90. The summed E-state index contributed by atoms with van der Waals surface area (Å²) < 4.78 is 86.3. The van der Waals surface area contributed by atoms with Gasteiger partial charge in [0.05, 0.1) is 11.5 Å². The zero-order valence-corrected chi connectivity index (χ0v) is 23.7. The van der Waals surface area contributed by atoms with Crippen molar-refractivity contribution in [2.75, 3.05) is 34.5 Å². The summed E-state index contributed by atoms with van der Waals surface area (Å²) in [6, 6.07) is 0. The van der Waals surface area contributed by atoms with Gasteiger partial charge in [0.15, 0.2) is 11.1 Å². The molecule has 0 radical (unpaired) electrons. The molecule has 146 valence electrons. The van der Waals surface area contributed by atoms with Gasteiger partial charge < -0.3 is 9.11 Å². The fraction of sp³-hybridized carbons (Fsp3) is 1.00. The Balaban J connectivity index is -0.00000264. The molecule has 0 aliphatic rings. The van der Waals surface area contributed by atoms with E-state index in [2.05, 4.69) is 0 Å². The van der Waals surface area contributed by atoms with Gasteiger partial charge in [-0.25, -0.2) is 21.0 Å². The first-order valence-corrected chi connectivity index (χ1v) is 15.7. The van der Waals surface area contributed by atoms with Crippen LogP contribution in [0.15, 0.2) is 0 Å². The molecule has 0 spiro atoms. The Hall–Kier alpha value is 2.82. The predicted octanol–water partition coefficient (Wildman–Crippen LogP) is -5.22. The molecule has 0 aliphatic carbocycles. The van der Waals surface area contributed by atoms with Crippen molar-refractivity contribution in [1.29, 1.82) is 0 Å². The second-order valence-corrected chi connectivity index (χ2v) is 15.5. The van der Waals surface area contributed by atoms with Gasteiger partial charge in [-0.3, -0.25) is 4.21 Å². The molecular weight excluding hydrogens is 486 g/mol. The maximum atomic E-state index is 11.7. The van der Waals surface area contributed by atoms with Gasteiger partial charge in [0, 0.05) is 23.0 Å². The number of unbranched alkanes of at least 4 members (excludes halogenated alkanes) is 2. The van der Waals surface area contributed by atoms with Crippen molar-refractivity contribution in [3.05, 3.63) is 0 Å². The van der Waals surface area contributed by atoms with Crippen LogP contribution in [0, 0.1) is 0 Å². The van der Waals surface area contributed by atoms with Gasteiger partial charge in [0.1, 0.15) is 0 Å². The van der Waals surface area contributed by atoms with Crippen LogP contribution in [0.5, 0.6) is 0 Å². The topological polar surface area (TPSA) is 146 Å². The van der Waals surface area contributed by atoms with Gasteiger partial charge in [0.2, 0.25) is 17.7 Å². The first kappa shape index (κ1) is 33.5. The van der Waals surface area contributed by atoms with Gasteiger partial charge in [-0.2, -0.15) is 0 Å². The van der Waals surface area contributed by atoms with Crippen molar-refractivity contribution in [3.63, 3.8) is 0 Å². The summed E-state index contributed by atoms with van der Waals surface area (Å²) in [5, 5.41) is 0. The van der Waals surface area contributed by atoms with Crippen LogP contribution >= 0.6 is 21.6 Å². The van der Waals surface area contributed by atoms with Crippen molar-refractivity contribution < 1.29 is 93.5 Å². The molecule has 0 fully saturated rings. The number of rotatable bonds is 15. The van der Waals surface area contributed by atoms with E-state index in [-0.39, 0.29) is 113 Å². The molecule has 0 aromatic rings. The third-order valence-corrected chi connectivity index (χ3v) is 11.2. The maximum absolute atomic E-state index is 11.7. The van der Waals surface area contributed by atoms with Gasteiger partial charge in [-0.1, -0.05) is 11.1 Å². The van der Waals surface area contributed by atoms with Crippen molar-refractivity contribution in [2.45, 2.75) is 25.7 Å². The maximum Gasteiger partial charge on any atom is 1.00 e. The molecule has 0 saturated heterocycles. The summed E-state index contributed by atoms with van der Waals surface area (Å²) in [4.78, 5) is 0. The van der Waals surface area contributed by atoms with Gasteiger partial charge in [-0.05, 0) is 47.3 Å². The predicted molar refractivity (Wildman–Crippen MR) is 100 cm³/mol. The molecule has 0 aromatic heterocycles. The fourth-order valence-electron chi connectivity index (χ4n) is 1.44. The number of hydrogen-bond donors (Lipinski definition) is 1. The molecule has 1 N–H and O–H groups in total. The minimum atomic E-state index is -3.38. The second-order valence-electron chi connectivity index (χ2n) is 4.62. The second kappa shape index (κ2) is 18.6. The minimum absolute atomic E-state index is 0. The van der Waals surface area contributed by atoms with E-state index >= 15 is 0 Å². The van der Waals surface area contributed by atoms with E-state index in [9.17, 15) is 29.8 Å². The van der Waals surface area contributed by atoms with E-state index in [0.717, 1.165) is 0 Å². The van der Waals surface area contributed by atoms with E-state index in [1.54, 1.807) is 0 Å². The Bertz CT molecular complexity index is 555. The Labute approximate surface area is 212 Å². The molecule has 2 atom stereocenters. The Morgan fingerprint density at radius 1 is 0.769 bits per heavy atom. The van der Waals surface area contributed by atoms with E-state index in [1.165, 1.54) is 0 Å². The molecule has 0 saturated carbocycles. The van der Waals surface area contributed by atoms with E-state index in [1.807, 2.05) is 0 Å². The summed E-state index contributed by atoms with van der Waals surface area (Å²) >= 11 is -4.09. The normalized spacial score (nSPS) is 14.1. The Kier molecular flexibility index (Phi) is 23.9. The molecule has 16 heteroatoms. The molecule has 26 heavy (non-hydrogen) atoms. The molecule has 0 amide bonds. The summed E-state index contributed by atoms with van der Waals surface area (Å²) in [5.41, 5.74) is 0. The van der Waals surface area contributed by atoms with Gasteiger partial charge in [-0.15, -0.1) is 0 Å². The Morgan fingerprint density at radius 3 is 1.50 bits per heavy atom. The molecule has 0 bridgehead atoms. The first-order valence-electron chi connectivity index (χ1n) is 6.91. The molecule has 8 nitrogen and oxygen atoms in total. The third-order valence-electron chi connectivity index (χ3n) is 2.53. The Morgan fingerprint density at radius 2 is 1.15 bits per heavy atom. The SMILES string of the molecule is O=S([O-])CCCCS(=O)(=O)SCCSS(=O)(=O)CCCCS(=O)O.[Na+].[Na+]. The van der Waals surface area contributed by atoms with Crippen molar-refractivity contribution in [2.24, 2.45) is 0 Å². The van der Waals surface area contributed by atoms with Crippen LogP contribution < -0.4 is 59.1 Å². The monoisotopic (exact) mass is 507 g/mol. The average Bonchev–Trinajstić information content (AvgIpc) is 2.44.